The molecular weight excluding hydrogens is 624 g/mol. The highest BCUT2D eigenvalue weighted by atomic mass is 16.2. The number of amides is 2. The van der Waals surface area contributed by atoms with E-state index < -0.39 is 0 Å². The van der Waals surface area contributed by atoms with Gasteiger partial charge in [-0.05, 0) is 73.9 Å². The van der Waals surface area contributed by atoms with E-state index in [4.69, 9.17) is 9.97 Å². The lowest BCUT2D eigenvalue weighted by atomic mass is 9.97. The molecule has 50 heavy (non-hydrogen) atoms. The Bertz CT molecular complexity index is 1600. The van der Waals surface area contributed by atoms with Crippen LogP contribution < -0.4 is 10.6 Å². The van der Waals surface area contributed by atoms with Gasteiger partial charge in [0.15, 0.2) is 0 Å². The molecule has 4 aromatic rings. The van der Waals surface area contributed by atoms with Crippen molar-refractivity contribution in [1.29, 1.82) is 0 Å². The topological polar surface area (TPSA) is 122 Å². The summed E-state index contributed by atoms with van der Waals surface area (Å²) < 4.78 is 0. The number of carbonyl (C=O) groups excluding carboxylic acids is 2. The third-order valence-corrected chi connectivity index (χ3v) is 11.2. The number of carbonyl (C=O) groups is 2. The zero-order chi connectivity index (χ0) is 35.4. The minimum absolute atomic E-state index is 0.0279. The first-order valence-electron chi connectivity index (χ1n) is 18.5. The Hall–Kier alpha value is -4.28. The third kappa shape index (κ3) is 7.14. The second-order valence-electron chi connectivity index (χ2n) is 14.2. The molecular formula is C40H54N8O2. The molecule has 2 aliphatic heterocycles. The van der Waals surface area contributed by atoms with Crippen LogP contribution in [0.4, 0.5) is 0 Å². The first-order valence-corrected chi connectivity index (χ1v) is 18.5. The van der Waals surface area contributed by atoms with Crippen molar-refractivity contribution in [3.8, 4) is 33.6 Å². The fourth-order valence-corrected chi connectivity index (χ4v) is 7.75. The molecule has 2 aromatic heterocycles. The van der Waals surface area contributed by atoms with Crippen molar-refractivity contribution in [1.82, 2.24) is 40.4 Å². The molecule has 2 saturated heterocycles. The third-order valence-electron chi connectivity index (χ3n) is 11.2. The number of nitrogens with one attached hydrogen (secondary N) is 4. The minimum Gasteiger partial charge on any atom is -0.340 e. The van der Waals surface area contributed by atoms with E-state index in [0.717, 1.165) is 96.9 Å². The molecule has 2 fully saturated rings. The van der Waals surface area contributed by atoms with E-state index in [2.05, 4.69) is 96.8 Å². The normalized spacial score (nSPS) is 20.2. The maximum atomic E-state index is 13.5. The van der Waals surface area contributed by atoms with Gasteiger partial charge in [-0.3, -0.25) is 9.59 Å². The Morgan fingerprint density at radius 3 is 1.38 bits per heavy atom. The van der Waals surface area contributed by atoms with Gasteiger partial charge in [0.2, 0.25) is 11.8 Å². The molecule has 4 N–H and O–H groups in total. The van der Waals surface area contributed by atoms with Crippen LogP contribution in [0, 0.1) is 11.8 Å². The average molecular weight is 679 g/mol. The number of benzene rings is 2. The van der Waals surface area contributed by atoms with E-state index in [1.54, 1.807) is 0 Å². The molecule has 10 heteroatoms. The Balaban J connectivity index is 1.11. The molecule has 0 bridgehead atoms. The van der Waals surface area contributed by atoms with E-state index in [9.17, 15) is 9.59 Å². The van der Waals surface area contributed by atoms with Gasteiger partial charge in [-0.15, -0.1) is 0 Å². The summed E-state index contributed by atoms with van der Waals surface area (Å²) in [4.78, 5) is 47.5. The molecule has 0 radical (unpaired) electrons. The van der Waals surface area contributed by atoms with Crippen LogP contribution >= 0.6 is 0 Å². The standard InChI is InChI=1S/C40H54N8O2/c1-7-25(3)35(41-5)39(49)47-21-9-11-33(47)37-43-23-31(45-37)29-17-13-27(14-18-29)28-15-19-30(20-16-28)32-24-44-38(46-32)34-12-10-22-48(34)40(50)36(42-6)26(4)8-2/h13-20,23-26,33-36,41-42H,7-12,21-22H2,1-6H3,(H,43,45)(H,44,46)/t25-,26-,33-,34-,35-,36-/m0/s1. The number of rotatable bonds is 13. The van der Waals surface area contributed by atoms with E-state index in [0.29, 0.717) is 0 Å². The molecule has 2 amide bonds. The number of nitrogens with zero attached hydrogens (tertiary/aromatic N) is 4. The van der Waals surface area contributed by atoms with E-state index in [1.807, 2.05) is 36.3 Å². The maximum Gasteiger partial charge on any atom is 0.240 e. The van der Waals surface area contributed by atoms with Crippen molar-refractivity contribution in [2.24, 2.45) is 11.8 Å². The van der Waals surface area contributed by atoms with Crippen molar-refractivity contribution in [2.45, 2.75) is 90.4 Å². The van der Waals surface area contributed by atoms with Crippen LogP contribution in [0.2, 0.25) is 0 Å². The monoisotopic (exact) mass is 678 g/mol. The number of hydrogen-bond acceptors (Lipinski definition) is 6. The van der Waals surface area contributed by atoms with Gasteiger partial charge in [-0.1, -0.05) is 89.1 Å². The fourth-order valence-electron chi connectivity index (χ4n) is 7.75. The highest BCUT2D eigenvalue weighted by molar-refractivity contribution is 5.83. The van der Waals surface area contributed by atoms with Crippen LogP contribution in [0.25, 0.3) is 33.6 Å². The summed E-state index contributed by atoms with van der Waals surface area (Å²) in [5, 5.41) is 6.50. The molecule has 6 atom stereocenters. The molecule has 266 valence electrons. The highest BCUT2D eigenvalue weighted by Crippen LogP contribution is 2.35. The Morgan fingerprint density at radius 2 is 1.04 bits per heavy atom. The SMILES string of the molecule is CC[C@H](C)[C@H](NC)C(=O)N1CCC[C@H]1c1ncc(-c2ccc(-c3ccc(-c4cnc([C@@H]5CCCN5C(=O)[C@@H](NC)[C@@H](C)CC)[nH]4)cc3)cc2)[nH]1. The summed E-state index contributed by atoms with van der Waals surface area (Å²) in [5.74, 6) is 2.58. The number of H-pyrrole nitrogens is 2. The summed E-state index contributed by atoms with van der Waals surface area (Å²) in [6.45, 7) is 10.0. The predicted octanol–water partition coefficient (Wildman–Crippen LogP) is 6.73. The van der Waals surface area contributed by atoms with Gasteiger partial charge in [0.25, 0.3) is 0 Å². The van der Waals surface area contributed by atoms with Gasteiger partial charge in [-0.2, -0.15) is 0 Å². The van der Waals surface area contributed by atoms with Gasteiger partial charge in [0.1, 0.15) is 11.6 Å². The molecule has 2 aromatic carbocycles. The van der Waals surface area contributed by atoms with Gasteiger partial charge in [-0.25, -0.2) is 9.97 Å². The van der Waals surface area contributed by atoms with Crippen molar-refractivity contribution >= 4 is 11.8 Å². The van der Waals surface area contributed by atoms with Crippen molar-refractivity contribution in [3.63, 3.8) is 0 Å². The van der Waals surface area contributed by atoms with E-state index in [1.165, 1.54) is 0 Å². The lowest BCUT2D eigenvalue weighted by molar-refractivity contribution is -0.136. The molecule has 0 saturated carbocycles. The molecule has 0 spiro atoms. The van der Waals surface area contributed by atoms with E-state index >= 15 is 0 Å². The van der Waals surface area contributed by atoms with E-state index in [-0.39, 0.29) is 47.8 Å². The van der Waals surface area contributed by atoms with Gasteiger partial charge in [0, 0.05) is 13.1 Å². The van der Waals surface area contributed by atoms with Crippen LogP contribution in [-0.2, 0) is 9.59 Å². The number of aromatic amines is 2. The average Bonchev–Trinajstić information content (AvgIpc) is 3.98. The van der Waals surface area contributed by atoms with Crippen LogP contribution in [-0.4, -0.2) is 80.8 Å². The predicted molar refractivity (Wildman–Crippen MR) is 199 cm³/mol. The number of aromatic nitrogens is 4. The Labute approximate surface area is 296 Å². The largest absolute Gasteiger partial charge is 0.340 e. The first-order chi connectivity index (χ1) is 24.3. The Morgan fingerprint density at radius 1 is 0.680 bits per heavy atom. The van der Waals surface area contributed by atoms with Gasteiger partial charge < -0.3 is 30.4 Å². The number of likely N-dealkylation sites (N-methyl/N-ethyl adjacent to an activating group) is 2. The van der Waals surface area contributed by atoms with Crippen LogP contribution in [0.3, 0.4) is 0 Å². The lowest BCUT2D eigenvalue weighted by Gasteiger charge is -2.30. The number of hydrogen-bond donors (Lipinski definition) is 4. The maximum absolute atomic E-state index is 13.5. The smallest absolute Gasteiger partial charge is 0.240 e. The van der Waals surface area contributed by atoms with Gasteiger partial charge >= 0.3 is 0 Å². The summed E-state index contributed by atoms with van der Waals surface area (Å²) in [6.07, 6.45) is 9.46. The summed E-state index contributed by atoms with van der Waals surface area (Å²) in [6, 6.07) is 16.6. The molecule has 6 rings (SSSR count). The molecule has 0 aliphatic carbocycles. The second kappa shape index (κ2) is 15.7. The molecule has 4 heterocycles. The van der Waals surface area contributed by atoms with Crippen molar-refractivity contribution in [2.75, 3.05) is 27.2 Å². The second-order valence-corrected chi connectivity index (χ2v) is 14.2. The summed E-state index contributed by atoms with van der Waals surface area (Å²) in [7, 11) is 3.75. The van der Waals surface area contributed by atoms with Crippen molar-refractivity contribution < 1.29 is 9.59 Å². The summed E-state index contributed by atoms with van der Waals surface area (Å²) >= 11 is 0. The molecule has 0 unspecified atom stereocenters. The van der Waals surface area contributed by atoms with Crippen LogP contribution in [0.5, 0.6) is 0 Å². The van der Waals surface area contributed by atoms with Crippen LogP contribution in [0.1, 0.15) is 90.0 Å². The lowest BCUT2D eigenvalue weighted by Crippen LogP contribution is -2.48. The molecule has 10 nitrogen and oxygen atoms in total. The fraction of sp³-hybridized carbons (Fsp3) is 0.500. The van der Waals surface area contributed by atoms with Crippen molar-refractivity contribution in [3.05, 3.63) is 72.6 Å². The first kappa shape index (κ1) is 35.5. The van der Waals surface area contributed by atoms with Crippen LogP contribution in [0.15, 0.2) is 60.9 Å². The zero-order valence-electron chi connectivity index (χ0n) is 30.5. The molecule has 2 aliphatic rings. The number of imidazole rings is 2. The zero-order valence-corrected chi connectivity index (χ0v) is 30.5. The quantitative estimate of drug-likeness (QED) is 0.124. The Kier molecular flexibility index (Phi) is 11.2. The van der Waals surface area contributed by atoms with Gasteiger partial charge in [0.05, 0.1) is 47.9 Å². The minimum atomic E-state index is -0.181. The highest BCUT2D eigenvalue weighted by Gasteiger charge is 2.38. The number of likely N-dealkylation sites (tertiary alicyclic amines) is 2. The summed E-state index contributed by atoms with van der Waals surface area (Å²) in [5.41, 5.74) is 6.27.